The quantitative estimate of drug-likeness (QED) is 0.561. The van der Waals surface area contributed by atoms with E-state index in [1.54, 1.807) is 11.6 Å². The summed E-state index contributed by atoms with van der Waals surface area (Å²) in [6.07, 6.45) is 2.64. The molecule has 0 atom stereocenters. The van der Waals surface area contributed by atoms with E-state index >= 15 is 0 Å². The maximum atomic E-state index is 11.2. The highest BCUT2D eigenvalue weighted by molar-refractivity contribution is 7.19. The van der Waals surface area contributed by atoms with Crippen LogP contribution >= 0.6 is 11.3 Å². The molecule has 0 spiro atoms. The first-order valence-corrected chi connectivity index (χ1v) is 7.62. The molecule has 112 valence electrons. The van der Waals surface area contributed by atoms with E-state index in [2.05, 4.69) is 4.98 Å². The largest absolute Gasteiger partial charge is 0.392 e. The van der Waals surface area contributed by atoms with Gasteiger partial charge in [-0.1, -0.05) is 24.3 Å². The zero-order valence-electron chi connectivity index (χ0n) is 12.0. The lowest BCUT2D eigenvalue weighted by Crippen LogP contribution is -1.98. The molecule has 0 unspecified atom stereocenters. The average molecular weight is 313 g/mol. The molecule has 5 nitrogen and oxygen atoms in total. The van der Waals surface area contributed by atoms with Crippen molar-refractivity contribution < 1.29 is 9.90 Å². The molecule has 2 aromatic heterocycles. The van der Waals surface area contributed by atoms with Crippen LogP contribution in [0, 0.1) is 5.41 Å². The van der Waals surface area contributed by atoms with Crippen LogP contribution in [0.3, 0.4) is 0 Å². The summed E-state index contributed by atoms with van der Waals surface area (Å²) < 4.78 is 2.60. The maximum Gasteiger partial charge on any atom is 0.167 e. The summed E-state index contributed by atoms with van der Waals surface area (Å²) in [7, 11) is 1.79. The van der Waals surface area contributed by atoms with Gasteiger partial charge in [0, 0.05) is 25.2 Å². The van der Waals surface area contributed by atoms with Crippen LogP contribution in [0.2, 0.25) is 0 Å². The van der Waals surface area contributed by atoms with Gasteiger partial charge in [0.2, 0.25) is 0 Å². The van der Waals surface area contributed by atoms with Gasteiger partial charge in [0.15, 0.2) is 11.9 Å². The molecule has 0 fully saturated rings. The third-order valence-corrected chi connectivity index (χ3v) is 4.72. The summed E-state index contributed by atoms with van der Waals surface area (Å²) in [6, 6.07) is 7.76. The second-order valence-electron chi connectivity index (χ2n) is 5.04. The molecule has 3 aromatic rings. The Labute approximate surface area is 131 Å². The summed E-state index contributed by atoms with van der Waals surface area (Å²) in [4.78, 5) is 15.7. The van der Waals surface area contributed by atoms with Gasteiger partial charge in [-0.15, -0.1) is 11.3 Å². The highest BCUT2D eigenvalue weighted by atomic mass is 32.1. The van der Waals surface area contributed by atoms with Crippen molar-refractivity contribution in [3.63, 3.8) is 0 Å². The smallest absolute Gasteiger partial charge is 0.167 e. The number of aliphatic hydroxyl groups is 1. The highest BCUT2D eigenvalue weighted by Crippen LogP contribution is 2.30. The second-order valence-corrected chi connectivity index (χ2v) is 6.12. The molecule has 0 aliphatic carbocycles. The molecule has 2 N–H and O–H groups in total. The molecule has 6 heteroatoms. The maximum absolute atomic E-state index is 11.2. The summed E-state index contributed by atoms with van der Waals surface area (Å²) in [6.45, 7) is 0.0222. The van der Waals surface area contributed by atoms with Crippen LogP contribution in [-0.2, 0) is 20.1 Å². The number of rotatable bonds is 5. The van der Waals surface area contributed by atoms with E-state index in [0.717, 1.165) is 32.8 Å². The van der Waals surface area contributed by atoms with Gasteiger partial charge in [-0.2, -0.15) is 0 Å². The van der Waals surface area contributed by atoms with Crippen LogP contribution in [0.1, 0.15) is 32.2 Å². The lowest BCUT2D eigenvalue weighted by atomic mass is 10.1. The predicted octanol–water partition coefficient (Wildman–Crippen LogP) is 2.53. The van der Waals surface area contributed by atoms with Gasteiger partial charge in [-0.3, -0.25) is 4.79 Å². The normalized spacial score (nSPS) is 11.0. The number of nitrogens with zero attached hydrogens (tertiary/aromatic N) is 2. The molecule has 0 aliphatic heterocycles. The minimum atomic E-state index is 0.0222. The first-order chi connectivity index (χ1) is 10.7. The first kappa shape index (κ1) is 14.6. The third kappa shape index (κ3) is 2.36. The Bertz CT molecular complexity index is 864. The number of aromatic nitrogens is 2. The van der Waals surface area contributed by atoms with Crippen molar-refractivity contribution in [1.82, 2.24) is 9.55 Å². The Morgan fingerprint density at radius 1 is 1.41 bits per heavy atom. The van der Waals surface area contributed by atoms with E-state index in [1.165, 1.54) is 17.6 Å². The van der Waals surface area contributed by atoms with Crippen LogP contribution in [0.15, 0.2) is 24.3 Å². The predicted molar refractivity (Wildman–Crippen MR) is 87.0 cm³/mol. The van der Waals surface area contributed by atoms with Crippen molar-refractivity contribution in [3.8, 4) is 0 Å². The van der Waals surface area contributed by atoms with Crippen molar-refractivity contribution in [2.24, 2.45) is 7.05 Å². The van der Waals surface area contributed by atoms with Gasteiger partial charge in [0.25, 0.3) is 0 Å². The molecular formula is C16H15N3O2S. The molecule has 22 heavy (non-hydrogen) atoms. The number of nitrogens with one attached hydrogen (secondary N) is 1. The second kappa shape index (κ2) is 5.82. The number of thiazole rings is 1. The number of aldehydes is 1. The van der Waals surface area contributed by atoms with Crippen LogP contribution in [-0.4, -0.2) is 27.2 Å². The van der Waals surface area contributed by atoms with E-state index in [-0.39, 0.29) is 6.61 Å². The van der Waals surface area contributed by atoms with Crippen molar-refractivity contribution >= 4 is 34.2 Å². The fraction of sp³-hybridized carbons (Fsp3) is 0.188. The van der Waals surface area contributed by atoms with Crippen LogP contribution in [0.25, 0.3) is 10.3 Å². The molecule has 0 bridgehead atoms. The molecule has 0 radical (unpaired) electrons. The molecular weight excluding hydrogens is 298 g/mol. The number of aliphatic hydroxyl groups excluding tert-OH is 1. The number of fused-ring (bicyclic) bond motifs is 1. The van der Waals surface area contributed by atoms with Crippen molar-refractivity contribution in [3.05, 3.63) is 51.7 Å². The van der Waals surface area contributed by atoms with E-state index in [9.17, 15) is 9.90 Å². The van der Waals surface area contributed by atoms with Gasteiger partial charge in [-0.25, -0.2) is 4.98 Å². The van der Waals surface area contributed by atoms with E-state index in [4.69, 9.17) is 5.41 Å². The van der Waals surface area contributed by atoms with Crippen molar-refractivity contribution in [2.45, 2.75) is 13.0 Å². The lowest BCUT2D eigenvalue weighted by molar-refractivity contribution is 0.111. The van der Waals surface area contributed by atoms with E-state index in [0.29, 0.717) is 17.7 Å². The first-order valence-electron chi connectivity index (χ1n) is 6.80. The Kier molecular flexibility index (Phi) is 3.87. The summed E-state index contributed by atoms with van der Waals surface area (Å²) >= 11 is 1.50. The van der Waals surface area contributed by atoms with Gasteiger partial charge >= 0.3 is 0 Å². The van der Waals surface area contributed by atoms with Crippen molar-refractivity contribution in [1.29, 1.82) is 5.41 Å². The molecule has 0 amide bonds. The van der Waals surface area contributed by atoms with Gasteiger partial charge in [0.05, 0.1) is 17.0 Å². The van der Waals surface area contributed by atoms with Crippen molar-refractivity contribution in [2.75, 3.05) is 0 Å². The number of benzene rings is 1. The van der Waals surface area contributed by atoms with Crippen LogP contribution in [0.5, 0.6) is 0 Å². The average Bonchev–Trinajstić information content (AvgIpc) is 3.04. The van der Waals surface area contributed by atoms with E-state index < -0.39 is 0 Å². The number of hydrogen-bond acceptors (Lipinski definition) is 5. The third-order valence-electron chi connectivity index (χ3n) is 3.64. The molecule has 2 heterocycles. The standard InChI is InChI=1S/C16H15N3O2S/c1-19-13(9-21)12(7-17)15-16(19)18-14(22-15)6-10-3-2-4-11(5-10)8-20/h2-5,7,9,17,20H,6,8H2,1H3. The Balaban J connectivity index is 2.02. The minimum absolute atomic E-state index is 0.0222. The number of hydrogen-bond donors (Lipinski definition) is 2. The minimum Gasteiger partial charge on any atom is -0.392 e. The summed E-state index contributed by atoms with van der Waals surface area (Å²) in [5, 5.41) is 17.6. The number of aryl methyl sites for hydroxylation is 1. The molecule has 0 aliphatic rings. The van der Waals surface area contributed by atoms with Gasteiger partial charge < -0.3 is 15.1 Å². The Morgan fingerprint density at radius 2 is 2.18 bits per heavy atom. The zero-order chi connectivity index (χ0) is 15.7. The van der Waals surface area contributed by atoms with E-state index in [1.807, 2.05) is 24.3 Å². The fourth-order valence-corrected chi connectivity index (χ4v) is 3.69. The monoisotopic (exact) mass is 313 g/mol. The summed E-state index contributed by atoms with van der Waals surface area (Å²) in [5.74, 6) is 0. The number of carbonyl (C=O) groups excluding carboxylic acids is 1. The zero-order valence-corrected chi connectivity index (χ0v) is 12.9. The molecule has 1 aromatic carbocycles. The van der Waals surface area contributed by atoms with Crippen LogP contribution in [0.4, 0.5) is 0 Å². The Hall–Kier alpha value is -2.31. The molecule has 0 saturated heterocycles. The molecule has 0 saturated carbocycles. The fourth-order valence-electron chi connectivity index (χ4n) is 2.54. The Morgan fingerprint density at radius 3 is 2.86 bits per heavy atom. The van der Waals surface area contributed by atoms with Gasteiger partial charge in [0.1, 0.15) is 5.01 Å². The highest BCUT2D eigenvalue weighted by Gasteiger charge is 2.17. The number of carbonyl (C=O) groups is 1. The summed E-state index contributed by atoms with van der Waals surface area (Å²) in [5.41, 5.74) is 3.80. The SMILES string of the molecule is Cn1c(C=O)c(C=N)c2sc(Cc3cccc(CO)c3)nc21. The van der Waals surface area contributed by atoms with Crippen LogP contribution < -0.4 is 0 Å². The molecule has 3 rings (SSSR count). The topological polar surface area (TPSA) is 79.0 Å². The lowest BCUT2D eigenvalue weighted by Gasteiger charge is -2.01. The van der Waals surface area contributed by atoms with Gasteiger partial charge in [-0.05, 0) is 11.1 Å².